The first-order valence-electron chi connectivity index (χ1n) is 35.5. The van der Waals surface area contributed by atoms with Gasteiger partial charge in [-0.05, 0) is 37.5 Å². The smallest absolute Gasteiger partial charge is 0.255 e. The fourth-order valence-corrected chi connectivity index (χ4v) is 11.5. The van der Waals surface area contributed by atoms with Gasteiger partial charge in [-0.2, -0.15) is 0 Å². The minimum absolute atomic E-state index is 0.0773. The molecule has 452 valence electrons. The molecule has 0 fully saturated rings. The zero-order valence-electron chi connectivity index (χ0n) is 52.6. The van der Waals surface area contributed by atoms with Crippen molar-refractivity contribution in [2.45, 2.75) is 393 Å². The molecular weight excluding hydrogens is 941 g/mol. The van der Waals surface area contributed by atoms with Crippen LogP contribution in [0.15, 0.2) is 18.2 Å². The lowest BCUT2D eigenvalue weighted by atomic mass is 10.0. The third-order valence-electron chi connectivity index (χ3n) is 16.9. The van der Waals surface area contributed by atoms with Gasteiger partial charge >= 0.3 is 0 Å². The first kappa shape index (κ1) is 73.0. The van der Waals surface area contributed by atoms with Crippen LogP contribution in [-0.2, 0) is 0 Å². The summed E-state index contributed by atoms with van der Waals surface area (Å²) in [6.45, 7) is 8.78. The highest BCUT2D eigenvalue weighted by Crippen LogP contribution is 2.23. The first-order valence-corrected chi connectivity index (χ1v) is 35.5. The summed E-state index contributed by atoms with van der Waals surface area (Å²) in [7, 11) is 0. The molecule has 2 amide bonds. The number of ether oxygens (including phenoxy) is 1. The third kappa shape index (κ3) is 51.8. The Kier molecular flexibility index (Phi) is 58.4. The van der Waals surface area contributed by atoms with Gasteiger partial charge < -0.3 is 15.4 Å². The van der Waals surface area contributed by atoms with Crippen molar-refractivity contribution >= 4 is 11.8 Å². The molecule has 5 heteroatoms. The standard InChI is InChI=1S/C72H136N2O3/c1-4-7-10-13-16-18-20-22-24-26-28-30-32-34-36-38-40-42-44-46-48-50-52-54-56-59-64-73-71(75)68-62-63-69(70(67-68)77-66-61-58-15-12-9-6-3)72(76)74-65-60-57-55-53-51-49-47-45-43-41-39-37-35-33-31-29-27-25-23-21-19-17-14-11-8-5-2/h62-63,67H,4-61,64-66H2,1-3H3,(H,73,75)(H,74,76). The van der Waals surface area contributed by atoms with Crippen molar-refractivity contribution in [3.05, 3.63) is 29.3 Å². The second-order valence-corrected chi connectivity index (χ2v) is 24.5. The van der Waals surface area contributed by atoms with Crippen molar-refractivity contribution < 1.29 is 14.3 Å². The SMILES string of the molecule is CCCCCCCCCCCCCCCCCCCCCCCCCCCCNC(=O)c1ccc(C(=O)NCCCCCCCCCCCCCCCCCCCCCCCCCCCC)c(OCCCCCCCC)c1. The molecule has 1 aromatic carbocycles. The van der Waals surface area contributed by atoms with Crippen LogP contribution >= 0.6 is 0 Å². The molecule has 0 aliphatic rings. The third-order valence-corrected chi connectivity index (χ3v) is 16.9. The minimum Gasteiger partial charge on any atom is -0.493 e. The average Bonchev–Trinajstić information content (AvgIpc) is 3.44. The van der Waals surface area contributed by atoms with Gasteiger partial charge in [-0.15, -0.1) is 0 Å². The van der Waals surface area contributed by atoms with Crippen molar-refractivity contribution in [1.82, 2.24) is 10.6 Å². The zero-order chi connectivity index (χ0) is 55.3. The van der Waals surface area contributed by atoms with Crippen molar-refractivity contribution in [3.63, 3.8) is 0 Å². The average molecular weight is 1080 g/mol. The van der Waals surface area contributed by atoms with Crippen molar-refractivity contribution in [2.75, 3.05) is 19.7 Å². The van der Waals surface area contributed by atoms with Crippen LogP contribution in [0.5, 0.6) is 5.75 Å². The number of benzene rings is 1. The summed E-state index contributed by atoms with van der Waals surface area (Å²) in [5.74, 6) is 0.362. The van der Waals surface area contributed by atoms with E-state index in [2.05, 4.69) is 31.4 Å². The second kappa shape index (κ2) is 61.6. The number of unbranched alkanes of at least 4 members (excludes halogenated alkanes) is 55. The van der Waals surface area contributed by atoms with Gasteiger partial charge in [-0.25, -0.2) is 0 Å². The van der Waals surface area contributed by atoms with Gasteiger partial charge in [0.25, 0.3) is 11.8 Å². The molecular formula is C72H136N2O3. The molecule has 0 unspecified atom stereocenters. The molecule has 0 saturated carbocycles. The largest absolute Gasteiger partial charge is 0.493 e. The number of carbonyl (C=O) groups is 2. The van der Waals surface area contributed by atoms with E-state index in [4.69, 9.17) is 4.74 Å². The van der Waals surface area contributed by atoms with E-state index in [1.807, 2.05) is 0 Å². The summed E-state index contributed by atoms with van der Waals surface area (Å²) in [6, 6.07) is 5.39. The zero-order valence-corrected chi connectivity index (χ0v) is 52.6. The van der Waals surface area contributed by atoms with E-state index in [0.717, 1.165) is 38.5 Å². The molecule has 0 heterocycles. The monoisotopic (exact) mass is 1080 g/mol. The number of carbonyl (C=O) groups excluding carboxylic acids is 2. The predicted molar refractivity (Wildman–Crippen MR) is 341 cm³/mol. The highest BCUT2D eigenvalue weighted by molar-refractivity contribution is 6.00. The molecule has 0 aromatic heterocycles. The van der Waals surface area contributed by atoms with Gasteiger partial charge in [-0.3, -0.25) is 9.59 Å². The Bertz CT molecular complexity index is 1350. The maximum absolute atomic E-state index is 13.4. The Balaban J connectivity index is 2.10. The second-order valence-electron chi connectivity index (χ2n) is 24.5. The van der Waals surface area contributed by atoms with Crippen LogP contribution in [0.3, 0.4) is 0 Å². The lowest BCUT2D eigenvalue weighted by molar-refractivity contribution is 0.0937. The summed E-state index contributed by atoms with van der Waals surface area (Å²) in [5.41, 5.74) is 1.11. The Morgan fingerprint density at radius 3 is 0.766 bits per heavy atom. The summed E-state index contributed by atoms with van der Waals surface area (Å²) in [6.07, 6.45) is 79.5. The fourth-order valence-electron chi connectivity index (χ4n) is 11.5. The highest BCUT2D eigenvalue weighted by Gasteiger charge is 2.16. The summed E-state index contributed by atoms with van der Waals surface area (Å²) in [5, 5.41) is 6.30. The van der Waals surface area contributed by atoms with E-state index in [-0.39, 0.29) is 11.8 Å². The Morgan fingerprint density at radius 2 is 0.506 bits per heavy atom. The number of rotatable bonds is 64. The Labute approximate surface area is 482 Å². The molecule has 0 aliphatic heterocycles. The molecule has 0 atom stereocenters. The topological polar surface area (TPSA) is 67.4 Å². The van der Waals surface area contributed by atoms with Gasteiger partial charge in [0.15, 0.2) is 0 Å². The van der Waals surface area contributed by atoms with Gasteiger partial charge in [0.2, 0.25) is 0 Å². The van der Waals surface area contributed by atoms with Gasteiger partial charge in [-0.1, -0.05) is 374 Å². The summed E-state index contributed by atoms with van der Waals surface area (Å²) in [4.78, 5) is 26.6. The molecule has 2 N–H and O–H groups in total. The van der Waals surface area contributed by atoms with Gasteiger partial charge in [0.1, 0.15) is 5.75 Å². The summed E-state index contributed by atoms with van der Waals surface area (Å²) < 4.78 is 6.24. The van der Waals surface area contributed by atoms with Crippen LogP contribution in [-0.4, -0.2) is 31.5 Å². The summed E-state index contributed by atoms with van der Waals surface area (Å²) >= 11 is 0. The predicted octanol–water partition coefficient (Wildman–Crippen LogP) is 24.2. The Morgan fingerprint density at radius 1 is 0.286 bits per heavy atom. The maximum Gasteiger partial charge on any atom is 0.255 e. The first-order chi connectivity index (χ1) is 38.1. The van der Waals surface area contributed by atoms with Crippen molar-refractivity contribution in [2.24, 2.45) is 0 Å². The number of hydrogen-bond donors (Lipinski definition) is 2. The highest BCUT2D eigenvalue weighted by atomic mass is 16.5. The van der Waals surface area contributed by atoms with Gasteiger partial charge in [0.05, 0.1) is 12.2 Å². The van der Waals surface area contributed by atoms with Crippen LogP contribution in [0.4, 0.5) is 0 Å². The molecule has 5 nitrogen and oxygen atoms in total. The lowest BCUT2D eigenvalue weighted by Crippen LogP contribution is -2.26. The van der Waals surface area contributed by atoms with Crippen LogP contribution in [0.1, 0.15) is 414 Å². The number of nitrogens with one attached hydrogen (secondary N) is 2. The van der Waals surface area contributed by atoms with E-state index in [1.165, 1.54) is 334 Å². The van der Waals surface area contributed by atoms with Crippen LogP contribution in [0.2, 0.25) is 0 Å². The minimum atomic E-state index is -0.0972. The van der Waals surface area contributed by atoms with Crippen molar-refractivity contribution in [1.29, 1.82) is 0 Å². The van der Waals surface area contributed by atoms with E-state index in [9.17, 15) is 9.59 Å². The maximum atomic E-state index is 13.4. The van der Waals surface area contributed by atoms with Crippen LogP contribution in [0.25, 0.3) is 0 Å². The molecule has 0 spiro atoms. The van der Waals surface area contributed by atoms with Crippen LogP contribution < -0.4 is 15.4 Å². The lowest BCUT2D eigenvalue weighted by Gasteiger charge is -2.14. The molecule has 0 saturated heterocycles. The van der Waals surface area contributed by atoms with Gasteiger partial charge in [0, 0.05) is 18.7 Å². The van der Waals surface area contributed by atoms with E-state index < -0.39 is 0 Å². The number of hydrogen-bond acceptors (Lipinski definition) is 3. The molecule has 0 bridgehead atoms. The van der Waals surface area contributed by atoms with E-state index in [0.29, 0.717) is 36.6 Å². The van der Waals surface area contributed by atoms with E-state index in [1.54, 1.807) is 18.2 Å². The quantitative estimate of drug-likeness (QED) is 0.0639. The molecule has 1 aromatic rings. The van der Waals surface area contributed by atoms with Crippen molar-refractivity contribution in [3.8, 4) is 5.75 Å². The van der Waals surface area contributed by atoms with E-state index >= 15 is 0 Å². The Hall–Kier alpha value is -2.04. The molecule has 0 aliphatic carbocycles. The normalized spacial score (nSPS) is 11.5. The fraction of sp³-hybridized carbons (Fsp3) is 0.889. The molecule has 1 rings (SSSR count). The molecule has 77 heavy (non-hydrogen) atoms. The number of amides is 2. The van der Waals surface area contributed by atoms with Crippen LogP contribution in [0, 0.1) is 0 Å². The molecule has 0 radical (unpaired) electrons.